The topological polar surface area (TPSA) is 81.4 Å². The van der Waals surface area contributed by atoms with E-state index in [4.69, 9.17) is 10.5 Å². The summed E-state index contributed by atoms with van der Waals surface area (Å²) in [6.07, 6.45) is 2.99. The van der Waals surface area contributed by atoms with Crippen LogP contribution in [-0.2, 0) is 14.8 Å². The van der Waals surface area contributed by atoms with Gasteiger partial charge in [-0.2, -0.15) is 0 Å². The summed E-state index contributed by atoms with van der Waals surface area (Å²) in [4.78, 5) is 0.264. The average Bonchev–Trinajstić information content (AvgIpc) is 3.18. The zero-order valence-electron chi connectivity index (χ0n) is 12.0. The Kier molecular flexibility index (Phi) is 4.36. The number of nitrogens with one attached hydrogen (secondary N) is 1. The molecule has 1 aliphatic carbocycles. The van der Waals surface area contributed by atoms with E-state index in [9.17, 15) is 8.42 Å². The molecule has 0 unspecified atom stereocenters. The molecule has 0 saturated heterocycles. The molecule has 6 heteroatoms. The molecule has 0 amide bonds. The van der Waals surface area contributed by atoms with Gasteiger partial charge in [0.25, 0.3) is 0 Å². The molecule has 5 nitrogen and oxygen atoms in total. The maximum absolute atomic E-state index is 12.4. The number of hydrogen-bond acceptors (Lipinski definition) is 4. The van der Waals surface area contributed by atoms with Crippen LogP contribution in [0.25, 0.3) is 0 Å². The van der Waals surface area contributed by atoms with E-state index >= 15 is 0 Å². The summed E-state index contributed by atoms with van der Waals surface area (Å²) in [5.74, 6) is 0. The second-order valence-electron chi connectivity index (χ2n) is 5.54. The third-order valence-electron chi connectivity index (χ3n) is 4.05. The van der Waals surface area contributed by atoms with Crippen molar-refractivity contribution in [3.63, 3.8) is 0 Å². The molecule has 1 saturated carbocycles. The van der Waals surface area contributed by atoms with E-state index in [-0.39, 0.29) is 10.3 Å². The van der Waals surface area contributed by atoms with Crippen molar-refractivity contribution < 1.29 is 13.2 Å². The van der Waals surface area contributed by atoms with E-state index in [1.807, 2.05) is 0 Å². The zero-order valence-corrected chi connectivity index (χ0v) is 12.8. The second-order valence-corrected chi connectivity index (χ2v) is 7.27. The molecule has 0 radical (unpaired) electrons. The van der Waals surface area contributed by atoms with Crippen molar-refractivity contribution in [2.45, 2.75) is 31.1 Å². The summed E-state index contributed by atoms with van der Waals surface area (Å²) in [5, 5.41) is 0. The van der Waals surface area contributed by atoms with Crippen LogP contribution in [-0.4, -0.2) is 28.7 Å². The zero-order chi connectivity index (χ0) is 14.8. The van der Waals surface area contributed by atoms with Crippen molar-refractivity contribution in [2.24, 2.45) is 5.41 Å². The number of hydrogen-bond donors (Lipinski definition) is 2. The number of anilines is 1. The van der Waals surface area contributed by atoms with E-state index in [2.05, 4.69) is 4.72 Å². The van der Waals surface area contributed by atoms with Crippen molar-refractivity contribution in [1.29, 1.82) is 0 Å². The largest absolute Gasteiger partial charge is 0.398 e. The van der Waals surface area contributed by atoms with Crippen LogP contribution in [0.5, 0.6) is 0 Å². The summed E-state index contributed by atoms with van der Waals surface area (Å²) in [7, 11) is -1.84. The second kappa shape index (κ2) is 5.71. The fraction of sp³-hybridized carbons (Fsp3) is 0.571. The van der Waals surface area contributed by atoms with E-state index in [0.717, 1.165) is 19.3 Å². The van der Waals surface area contributed by atoms with Gasteiger partial charge in [0.1, 0.15) is 0 Å². The van der Waals surface area contributed by atoms with Crippen LogP contribution in [0.15, 0.2) is 23.1 Å². The van der Waals surface area contributed by atoms with Crippen molar-refractivity contribution in [2.75, 3.05) is 26.0 Å². The Morgan fingerprint density at radius 2 is 2.10 bits per heavy atom. The molecule has 1 aromatic carbocycles. The third-order valence-corrected chi connectivity index (χ3v) is 5.59. The first-order chi connectivity index (χ1) is 9.40. The lowest BCUT2D eigenvalue weighted by Crippen LogP contribution is -2.31. The van der Waals surface area contributed by atoms with Gasteiger partial charge in [-0.15, -0.1) is 0 Å². The van der Waals surface area contributed by atoms with Crippen LogP contribution in [0.1, 0.15) is 24.8 Å². The van der Waals surface area contributed by atoms with Crippen LogP contribution in [0, 0.1) is 12.3 Å². The van der Waals surface area contributed by atoms with Crippen molar-refractivity contribution in [3.8, 4) is 0 Å². The molecule has 20 heavy (non-hydrogen) atoms. The van der Waals surface area contributed by atoms with Crippen molar-refractivity contribution >= 4 is 15.7 Å². The Morgan fingerprint density at radius 1 is 1.40 bits per heavy atom. The summed E-state index contributed by atoms with van der Waals surface area (Å²) >= 11 is 0. The molecule has 0 spiro atoms. The van der Waals surface area contributed by atoms with Gasteiger partial charge in [-0.1, -0.05) is 6.07 Å². The standard InChI is InChI=1S/C14H22N2O3S/c1-11-12(15)4-3-5-13(11)20(17,18)16-10-14(6-7-14)8-9-19-2/h3-5,16H,6-10,15H2,1-2H3. The smallest absolute Gasteiger partial charge is 0.240 e. The highest BCUT2D eigenvalue weighted by Gasteiger charge is 2.42. The van der Waals surface area contributed by atoms with E-state index in [0.29, 0.717) is 24.4 Å². The number of nitrogen functional groups attached to an aromatic ring is 1. The van der Waals surface area contributed by atoms with Gasteiger partial charge in [-0.05, 0) is 49.3 Å². The molecule has 1 fully saturated rings. The van der Waals surface area contributed by atoms with Gasteiger partial charge < -0.3 is 10.5 Å². The highest BCUT2D eigenvalue weighted by atomic mass is 32.2. The molecular formula is C14H22N2O3S. The lowest BCUT2D eigenvalue weighted by molar-refractivity contribution is 0.173. The molecule has 0 aromatic heterocycles. The number of benzene rings is 1. The molecule has 0 aliphatic heterocycles. The van der Waals surface area contributed by atoms with Crippen LogP contribution >= 0.6 is 0 Å². The molecule has 3 N–H and O–H groups in total. The molecular weight excluding hydrogens is 276 g/mol. The van der Waals surface area contributed by atoms with Gasteiger partial charge in [0.2, 0.25) is 10.0 Å². The lowest BCUT2D eigenvalue weighted by Gasteiger charge is -2.16. The first-order valence-corrected chi connectivity index (χ1v) is 8.22. The normalized spacial score (nSPS) is 17.1. The van der Waals surface area contributed by atoms with E-state index in [1.54, 1.807) is 32.2 Å². The Morgan fingerprint density at radius 3 is 2.70 bits per heavy atom. The first-order valence-electron chi connectivity index (χ1n) is 6.74. The molecule has 0 heterocycles. The Balaban J connectivity index is 2.07. The summed E-state index contributed by atoms with van der Waals surface area (Å²) < 4.78 is 32.5. The van der Waals surface area contributed by atoms with Gasteiger partial charge in [0.05, 0.1) is 4.90 Å². The maximum atomic E-state index is 12.4. The minimum Gasteiger partial charge on any atom is -0.398 e. The molecule has 0 bridgehead atoms. The molecule has 2 rings (SSSR count). The molecule has 0 atom stereocenters. The summed E-state index contributed by atoms with van der Waals surface area (Å²) in [6.45, 7) is 2.85. The van der Waals surface area contributed by atoms with Crippen LogP contribution in [0.3, 0.4) is 0 Å². The van der Waals surface area contributed by atoms with Gasteiger partial charge in [-0.25, -0.2) is 13.1 Å². The predicted octanol–water partition coefficient (Wildman–Crippen LogP) is 1.67. The quantitative estimate of drug-likeness (QED) is 0.750. The fourth-order valence-electron chi connectivity index (χ4n) is 2.26. The van der Waals surface area contributed by atoms with Gasteiger partial charge in [0, 0.05) is 25.9 Å². The van der Waals surface area contributed by atoms with E-state index in [1.165, 1.54) is 0 Å². The highest BCUT2D eigenvalue weighted by molar-refractivity contribution is 7.89. The first kappa shape index (κ1) is 15.3. The van der Waals surface area contributed by atoms with Crippen LogP contribution in [0.4, 0.5) is 5.69 Å². The summed E-state index contributed by atoms with van der Waals surface area (Å²) in [5.41, 5.74) is 6.94. The Bertz CT molecular complexity index is 580. The monoisotopic (exact) mass is 298 g/mol. The van der Waals surface area contributed by atoms with E-state index < -0.39 is 10.0 Å². The molecule has 112 valence electrons. The van der Waals surface area contributed by atoms with Crippen LogP contribution < -0.4 is 10.5 Å². The van der Waals surface area contributed by atoms with Gasteiger partial charge in [-0.3, -0.25) is 0 Å². The fourth-order valence-corrected chi connectivity index (χ4v) is 3.69. The van der Waals surface area contributed by atoms with Crippen molar-refractivity contribution in [3.05, 3.63) is 23.8 Å². The Hall–Kier alpha value is -1.11. The number of methoxy groups -OCH3 is 1. The SMILES string of the molecule is COCCC1(CNS(=O)(=O)c2cccc(N)c2C)CC1. The third kappa shape index (κ3) is 3.31. The number of rotatable bonds is 7. The summed E-state index contributed by atoms with van der Waals surface area (Å²) in [6, 6.07) is 4.95. The number of ether oxygens (including phenoxy) is 1. The minimum atomic E-state index is -3.50. The lowest BCUT2D eigenvalue weighted by atomic mass is 10.0. The molecule has 1 aromatic rings. The predicted molar refractivity (Wildman–Crippen MR) is 78.9 cm³/mol. The average molecular weight is 298 g/mol. The number of nitrogens with two attached hydrogens (primary N) is 1. The number of sulfonamides is 1. The maximum Gasteiger partial charge on any atom is 0.240 e. The van der Waals surface area contributed by atoms with Gasteiger partial charge in [0.15, 0.2) is 0 Å². The minimum absolute atomic E-state index is 0.0807. The highest BCUT2D eigenvalue weighted by Crippen LogP contribution is 2.48. The Labute approximate surface area is 120 Å². The van der Waals surface area contributed by atoms with Crippen molar-refractivity contribution in [1.82, 2.24) is 4.72 Å². The molecule has 1 aliphatic rings. The van der Waals surface area contributed by atoms with Crippen LogP contribution in [0.2, 0.25) is 0 Å². The van der Waals surface area contributed by atoms with Gasteiger partial charge >= 0.3 is 0 Å².